The number of aromatic nitrogens is 2. The van der Waals surface area contributed by atoms with E-state index in [1.165, 1.54) is 5.69 Å². The first-order chi connectivity index (χ1) is 12.6. The normalized spacial score (nSPS) is 14.8. The Hall–Kier alpha value is -2.95. The molecule has 5 heteroatoms. The smallest absolute Gasteiger partial charge is 0.182 e. The topological polar surface area (TPSA) is 45.8 Å². The fourth-order valence-corrected chi connectivity index (χ4v) is 3.43. The van der Waals surface area contributed by atoms with Gasteiger partial charge in [0.05, 0.1) is 22.4 Å². The average molecular weight is 345 g/mol. The van der Waals surface area contributed by atoms with Gasteiger partial charge in [-0.25, -0.2) is 14.7 Å². The second kappa shape index (κ2) is 6.41. The van der Waals surface area contributed by atoms with E-state index in [0.717, 1.165) is 52.6 Å². The third kappa shape index (κ3) is 2.60. The van der Waals surface area contributed by atoms with Gasteiger partial charge < -0.3 is 4.90 Å². The second-order valence-electron chi connectivity index (χ2n) is 6.52. The molecule has 1 aliphatic rings. The number of imidazole rings is 1. The third-order valence-corrected chi connectivity index (χ3v) is 4.88. The van der Waals surface area contributed by atoms with Crippen molar-refractivity contribution in [2.24, 2.45) is 10.1 Å². The Labute approximate surface area is 153 Å². The number of para-hydroxylation sites is 2. The number of aryl methyl sites for hydroxylation is 1. The second-order valence-corrected chi connectivity index (χ2v) is 6.52. The Morgan fingerprint density at radius 1 is 1.04 bits per heavy atom. The Balaban J connectivity index is 1.77. The van der Waals surface area contributed by atoms with Crippen molar-refractivity contribution in [1.29, 1.82) is 0 Å². The molecule has 5 nitrogen and oxygen atoms in total. The molecule has 0 saturated carbocycles. The molecular formula is C21H23N5. The van der Waals surface area contributed by atoms with Gasteiger partial charge in [-0.1, -0.05) is 12.1 Å². The van der Waals surface area contributed by atoms with Crippen molar-refractivity contribution < 1.29 is 0 Å². The molecule has 0 bridgehead atoms. The van der Waals surface area contributed by atoms with Crippen LogP contribution in [0.5, 0.6) is 0 Å². The Morgan fingerprint density at radius 3 is 2.54 bits per heavy atom. The van der Waals surface area contributed by atoms with E-state index >= 15 is 0 Å². The summed E-state index contributed by atoms with van der Waals surface area (Å²) in [5.41, 5.74) is 7.06. The third-order valence-electron chi connectivity index (χ3n) is 4.88. The number of hydrogen-bond acceptors (Lipinski definition) is 4. The summed E-state index contributed by atoms with van der Waals surface area (Å²) in [5, 5.41) is 4.65. The van der Waals surface area contributed by atoms with Crippen LogP contribution in [-0.4, -0.2) is 34.2 Å². The van der Waals surface area contributed by atoms with Crippen LogP contribution >= 0.6 is 0 Å². The molecule has 0 atom stereocenters. The molecule has 2 aromatic carbocycles. The first-order valence-corrected chi connectivity index (χ1v) is 9.10. The molecule has 0 spiro atoms. The molecule has 2 heterocycles. The molecule has 132 valence electrons. The van der Waals surface area contributed by atoms with Gasteiger partial charge in [0.2, 0.25) is 0 Å². The lowest BCUT2D eigenvalue weighted by atomic mass is 10.1. The van der Waals surface area contributed by atoms with Crippen LogP contribution in [0.1, 0.15) is 32.2 Å². The van der Waals surface area contributed by atoms with Gasteiger partial charge in [-0.3, -0.25) is 0 Å². The van der Waals surface area contributed by atoms with Gasteiger partial charge in [0.15, 0.2) is 5.82 Å². The quantitative estimate of drug-likeness (QED) is 0.696. The summed E-state index contributed by atoms with van der Waals surface area (Å²) in [5.74, 6) is 0.816. The molecule has 3 aromatic rings. The zero-order valence-electron chi connectivity index (χ0n) is 15.7. The van der Waals surface area contributed by atoms with Crippen LogP contribution in [0.15, 0.2) is 52.6 Å². The van der Waals surface area contributed by atoms with Crippen molar-refractivity contribution in [3.8, 4) is 0 Å². The molecule has 0 fully saturated rings. The molecule has 0 saturated heterocycles. The van der Waals surface area contributed by atoms with E-state index < -0.39 is 0 Å². The predicted molar refractivity (Wildman–Crippen MR) is 109 cm³/mol. The van der Waals surface area contributed by atoms with Gasteiger partial charge in [0.25, 0.3) is 0 Å². The van der Waals surface area contributed by atoms with E-state index in [1.54, 1.807) is 0 Å². The molecule has 0 unspecified atom stereocenters. The SMILES string of the molecule is CCN(CC)c1ccc(N=C2C(C)=Nn3c2nc2ccccc23)c(C)c1. The van der Waals surface area contributed by atoms with Crippen molar-refractivity contribution >= 4 is 33.8 Å². The van der Waals surface area contributed by atoms with Crippen LogP contribution in [0.25, 0.3) is 11.0 Å². The number of hydrogen-bond donors (Lipinski definition) is 0. The van der Waals surface area contributed by atoms with Crippen LogP contribution in [0, 0.1) is 6.92 Å². The summed E-state index contributed by atoms with van der Waals surface area (Å²) in [4.78, 5) is 12.0. The molecule has 4 rings (SSSR count). The van der Waals surface area contributed by atoms with E-state index in [0.29, 0.717) is 0 Å². The minimum Gasteiger partial charge on any atom is -0.372 e. The highest BCUT2D eigenvalue weighted by Crippen LogP contribution is 2.28. The average Bonchev–Trinajstić information content (AvgIpc) is 3.14. The van der Waals surface area contributed by atoms with Crippen LogP contribution in [0.3, 0.4) is 0 Å². The molecule has 26 heavy (non-hydrogen) atoms. The molecule has 1 aromatic heterocycles. The van der Waals surface area contributed by atoms with Gasteiger partial charge >= 0.3 is 0 Å². The van der Waals surface area contributed by atoms with E-state index in [9.17, 15) is 0 Å². The minimum absolute atomic E-state index is 0.816. The summed E-state index contributed by atoms with van der Waals surface area (Å²) in [6.45, 7) is 10.4. The van der Waals surface area contributed by atoms with Gasteiger partial charge in [0, 0.05) is 18.8 Å². The van der Waals surface area contributed by atoms with E-state index in [-0.39, 0.29) is 0 Å². The van der Waals surface area contributed by atoms with E-state index in [2.05, 4.69) is 49.0 Å². The number of rotatable bonds is 4. The molecule has 1 aliphatic heterocycles. The number of aliphatic imine (C=N–C) groups is 1. The van der Waals surface area contributed by atoms with Gasteiger partial charge in [-0.2, -0.15) is 5.10 Å². The summed E-state index contributed by atoms with van der Waals surface area (Å²) < 4.78 is 1.89. The van der Waals surface area contributed by atoms with Gasteiger partial charge in [-0.15, -0.1) is 0 Å². The molecule has 0 radical (unpaired) electrons. The van der Waals surface area contributed by atoms with Crippen molar-refractivity contribution in [2.75, 3.05) is 18.0 Å². The standard InChI is InChI=1S/C21H23N5/c1-5-25(6-2)16-11-12-17(14(3)13-16)22-20-15(4)24-26-19-10-8-7-9-18(19)23-21(20)26/h7-13H,5-6H2,1-4H3. The number of nitrogens with zero attached hydrogens (tertiary/aromatic N) is 5. The number of benzene rings is 2. The summed E-state index contributed by atoms with van der Waals surface area (Å²) in [6.07, 6.45) is 0. The van der Waals surface area contributed by atoms with Crippen molar-refractivity contribution in [2.45, 2.75) is 27.7 Å². The fraction of sp³-hybridized carbons (Fsp3) is 0.286. The molecule has 0 amide bonds. The van der Waals surface area contributed by atoms with Crippen LogP contribution in [0.4, 0.5) is 11.4 Å². The molecule has 0 N–H and O–H groups in total. The highest BCUT2D eigenvalue weighted by atomic mass is 15.4. The predicted octanol–water partition coefficient (Wildman–Crippen LogP) is 4.55. The largest absolute Gasteiger partial charge is 0.372 e. The highest BCUT2D eigenvalue weighted by molar-refractivity contribution is 6.48. The minimum atomic E-state index is 0.816. The maximum atomic E-state index is 4.91. The monoisotopic (exact) mass is 345 g/mol. The van der Waals surface area contributed by atoms with Crippen molar-refractivity contribution in [3.05, 3.63) is 53.9 Å². The lowest BCUT2D eigenvalue weighted by molar-refractivity contribution is 0.865. The van der Waals surface area contributed by atoms with Crippen LogP contribution < -0.4 is 4.90 Å². The number of fused-ring (bicyclic) bond motifs is 3. The maximum absolute atomic E-state index is 4.91. The first-order valence-electron chi connectivity index (χ1n) is 9.10. The van der Waals surface area contributed by atoms with Crippen molar-refractivity contribution in [1.82, 2.24) is 9.66 Å². The summed E-state index contributed by atoms with van der Waals surface area (Å²) >= 11 is 0. The lowest BCUT2D eigenvalue weighted by Gasteiger charge is -2.21. The van der Waals surface area contributed by atoms with Gasteiger partial charge in [0.1, 0.15) is 5.71 Å². The van der Waals surface area contributed by atoms with Gasteiger partial charge in [-0.05, 0) is 63.6 Å². The van der Waals surface area contributed by atoms with Crippen LogP contribution in [-0.2, 0) is 0 Å². The molecule has 0 aliphatic carbocycles. The number of anilines is 1. The summed E-state index contributed by atoms with van der Waals surface area (Å²) in [7, 11) is 0. The summed E-state index contributed by atoms with van der Waals surface area (Å²) in [6, 6.07) is 14.5. The van der Waals surface area contributed by atoms with E-state index in [1.807, 2.05) is 35.9 Å². The lowest BCUT2D eigenvalue weighted by Crippen LogP contribution is -2.21. The molecular weight excluding hydrogens is 322 g/mol. The first kappa shape index (κ1) is 16.5. The Morgan fingerprint density at radius 2 is 1.81 bits per heavy atom. The zero-order chi connectivity index (χ0) is 18.3. The fourth-order valence-electron chi connectivity index (χ4n) is 3.43. The Kier molecular flexibility index (Phi) is 4.07. The van der Waals surface area contributed by atoms with E-state index in [4.69, 9.17) is 9.98 Å². The Bertz CT molecular complexity index is 1040. The van der Waals surface area contributed by atoms with Crippen LogP contribution in [0.2, 0.25) is 0 Å². The zero-order valence-corrected chi connectivity index (χ0v) is 15.7. The maximum Gasteiger partial charge on any atom is 0.182 e. The highest BCUT2D eigenvalue weighted by Gasteiger charge is 2.24. The van der Waals surface area contributed by atoms with Crippen molar-refractivity contribution in [3.63, 3.8) is 0 Å².